The molecule has 0 aromatic carbocycles. The third kappa shape index (κ3) is 49.5. The van der Waals surface area contributed by atoms with Gasteiger partial charge in [0.05, 0.1) is 25.4 Å². The van der Waals surface area contributed by atoms with E-state index in [0.717, 1.165) is 70.6 Å². The van der Waals surface area contributed by atoms with Crippen LogP contribution < -0.4 is 5.32 Å². The third-order valence-electron chi connectivity index (χ3n) is 12.9. The Morgan fingerprint density at radius 2 is 0.750 bits per heavy atom. The van der Waals surface area contributed by atoms with Gasteiger partial charge in [-0.05, 0) is 77.0 Å². The zero-order chi connectivity index (χ0) is 46.5. The maximum absolute atomic E-state index is 12.4. The Kier molecular flexibility index (Phi) is 52.1. The Morgan fingerprint density at radius 1 is 0.422 bits per heavy atom. The molecule has 0 spiro atoms. The van der Waals surface area contributed by atoms with E-state index in [9.17, 15) is 19.8 Å². The van der Waals surface area contributed by atoms with Gasteiger partial charge >= 0.3 is 5.97 Å². The number of allylic oxidation sites excluding steroid dienone is 5. The van der Waals surface area contributed by atoms with Crippen LogP contribution in [0.1, 0.15) is 296 Å². The van der Waals surface area contributed by atoms with Crippen molar-refractivity contribution >= 4 is 11.9 Å². The number of hydrogen-bond acceptors (Lipinski definition) is 5. The van der Waals surface area contributed by atoms with Crippen LogP contribution in [0.3, 0.4) is 0 Å². The standard InChI is InChI=1S/C58H109NO5/c1-3-5-7-9-11-13-15-17-19-21-23-25-27-29-31-34-38-42-46-50-56(61)55(54-60)59-57(62)51-47-43-39-35-33-37-41-45-49-53-64-58(63)52-48-44-40-36-32-30-28-26-24-22-20-18-16-14-12-10-8-6-4-2/h18,20,35,39,46,50,55-56,60-61H,3-17,19,21-34,36-38,40-45,47-49,51-54H2,1-2H3,(H,59,62)/b20-18-,39-35-,50-46+. The molecular weight excluding hydrogens is 791 g/mol. The van der Waals surface area contributed by atoms with E-state index in [0.29, 0.717) is 19.4 Å². The lowest BCUT2D eigenvalue weighted by atomic mass is 10.0. The highest BCUT2D eigenvalue weighted by Gasteiger charge is 2.18. The van der Waals surface area contributed by atoms with Crippen molar-refractivity contribution in [2.24, 2.45) is 0 Å². The van der Waals surface area contributed by atoms with Crippen LogP contribution in [0.2, 0.25) is 0 Å². The number of esters is 1. The summed E-state index contributed by atoms with van der Waals surface area (Å²) in [4.78, 5) is 24.5. The molecule has 0 rings (SSSR count). The zero-order valence-electron chi connectivity index (χ0n) is 42.8. The van der Waals surface area contributed by atoms with Crippen molar-refractivity contribution in [3.05, 3.63) is 36.5 Å². The van der Waals surface area contributed by atoms with Crippen LogP contribution in [0.5, 0.6) is 0 Å². The smallest absolute Gasteiger partial charge is 0.305 e. The number of carbonyl (C=O) groups is 2. The molecule has 0 saturated heterocycles. The quantitative estimate of drug-likeness (QED) is 0.0321. The van der Waals surface area contributed by atoms with Gasteiger partial charge < -0.3 is 20.3 Å². The number of aliphatic hydroxyl groups excluding tert-OH is 2. The van der Waals surface area contributed by atoms with E-state index >= 15 is 0 Å². The molecule has 6 nitrogen and oxygen atoms in total. The van der Waals surface area contributed by atoms with Crippen LogP contribution in [-0.4, -0.2) is 47.4 Å². The van der Waals surface area contributed by atoms with Crippen LogP contribution in [0.15, 0.2) is 36.5 Å². The minimum Gasteiger partial charge on any atom is -0.466 e. The fourth-order valence-corrected chi connectivity index (χ4v) is 8.51. The Morgan fingerprint density at radius 3 is 1.14 bits per heavy atom. The van der Waals surface area contributed by atoms with Gasteiger partial charge in [-0.25, -0.2) is 0 Å². The molecule has 0 radical (unpaired) electrons. The summed E-state index contributed by atoms with van der Waals surface area (Å²) in [6.45, 7) is 4.82. The molecule has 0 saturated carbocycles. The molecule has 1 amide bonds. The summed E-state index contributed by atoms with van der Waals surface area (Å²) in [7, 11) is 0. The number of aliphatic hydroxyl groups is 2. The van der Waals surface area contributed by atoms with Crippen molar-refractivity contribution in [2.75, 3.05) is 13.2 Å². The predicted molar refractivity (Wildman–Crippen MR) is 278 cm³/mol. The second-order valence-electron chi connectivity index (χ2n) is 19.3. The van der Waals surface area contributed by atoms with Gasteiger partial charge in [0, 0.05) is 12.8 Å². The van der Waals surface area contributed by atoms with Crippen molar-refractivity contribution < 1.29 is 24.5 Å². The largest absolute Gasteiger partial charge is 0.466 e. The van der Waals surface area contributed by atoms with E-state index in [2.05, 4.69) is 43.5 Å². The lowest BCUT2D eigenvalue weighted by molar-refractivity contribution is -0.143. The molecule has 0 fully saturated rings. The Balaban J connectivity index is 3.55. The van der Waals surface area contributed by atoms with Crippen molar-refractivity contribution in [3.63, 3.8) is 0 Å². The summed E-state index contributed by atoms with van der Waals surface area (Å²) in [6.07, 6.45) is 66.0. The molecule has 376 valence electrons. The van der Waals surface area contributed by atoms with Gasteiger partial charge in [-0.2, -0.15) is 0 Å². The topological polar surface area (TPSA) is 95.9 Å². The maximum Gasteiger partial charge on any atom is 0.305 e. The minimum atomic E-state index is -0.876. The fraction of sp³-hybridized carbons (Fsp3) is 0.862. The summed E-state index contributed by atoms with van der Waals surface area (Å²) >= 11 is 0. The molecule has 0 aliphatic rings. The van der Waals surface area contributed by atoms with E-state index in [1.807, 2.05) is 6.08 Å². The van der Waals surface area contributed by atoms with Crippen LogP contribution in [0.25, 0.3) is 0 Å². The number of hydrogen-bond donors (Lipinski definition) is 3. The van der Waals surface area contributed by atoms with E-state index in [-0.39, 0.29) is 18.5 Å². The van der Waals surface area contributed by atoms with E-state index in [1.54, 1.807) is 6.08 Å². The monoisotopic (exact) mass is 900 g/mol. The number of unbranched alkanes of at least 4 members (excludes halogenated alkanes) is 37. The van der Waals surface area contributed by atoms with Gasteiger partial charge in [0.1, 0.15) is 0 Å². The predicted octanol–water partition coefficient (Wildman–Crippen LogP) is 17.2. The highest BCUT2D eigenvalue weighted by atomic mass is 16.5. The lowest BCUT2D eigenvalue weighted by Crippen LogP contribution is -2.45. The summed E-state index contributed by atoms with van der Waals surface area (Å²) < 4.78 is 5.46. The first-order chi connectivity index (χ1) is 31.5. The lowest BCUT2D eigenvalue weighted by Gasteiger charge is -2.19. The number of rotatable bonds is 52. The first-order valence-electron chi connectivity index (χ1n) is 28.3. The van der Waals surface area contributed by atoms with Gasteiger partial charge in [0.2, 0.25) is 5.91 Å². The Bertz CT molecular complexity index is 1040. The summed E-state index contributed by atoms with van der Waals surface area (Å²) in [6, 6.07) is -0.666. The highest BCUT2D eigenvalue weighted by Crippen LogP contribution is 2.16. The van der Waals surface area contributed by atoms with E-state index in [1.165, 1.54) is 199 Å². The van der Waals surface area contributed by atoms with Crippen LogP contribution in [0.4, 0.5) is 0 Å². The van der Waals surface area contributed by atoms with E-state index < -0.39 is 12.1 Å². The fourth-order valence-electron chi connectivity index (χ4n) is 8.51. The van der Waals surface area contributed by atoms with Gasteiger partial charge in [-0.15, -0.1) is 0 Å². The van der Waals surface area contributed by atoms with Crippen LogP contribution in [-0.2, 0) is 14.3 Å². The number of ether oxygens (including phenoxy) is 1. The molecule has 0 aromatic rings. The molecule has 64 heavy (non-hydrogen) atoms. The molecule has 0 bridgehead atoms. The normalized spacial score (nSPS) is 12.9. The highest BCUT2D eigenvalue weighted by molar-refractivity contribution is 5.76. The average molecular weight is 901 g/mol. The minimum absolute atomic E-state index is 0.0384. The summed E-state index contributed by atoms with van der Waals surface area (Å²) in [5.74, 6) is -0.165. The Hall–Kier alpha value is -1.92. The molecule has 0 aliphatic carbocycles. The summed E-state index contributed by atoms with van der Waals surface area (Å²) in [5, 5.41) is 23.1. The average Bonchev–Trinajstić information content (AvgIpc) is 3.29. The first-order valence-corrected chi connectivity index (χ1v) is 28.3. The molecule has 0 aromatic heterocycles. The maximum atomic E-state index is 12.4. The van der Waals surface area contributed by atoms with Crippen molar-refractivity contribution in [1.82, 2.24) is 5.32 Å². The molecular formula is C58H109NO5. The SMILES string of the molecule is CCCCCCCC/C=C\CCCCCCCCCCCC(=O)OCCCCCC/C=C\CCCC(=O)NC(CO)C(O)/C=C/CCCCCCCCCCCCCCCCCCC. The summed E-state index contributed by atoms with van der Waals surface area (Å²) in [5.41, 5.74) is 0. The number of carbonyl (C=O) groups excluding carboxylic acids is 2. The van der Waals surface area contributed by atoms with E-state index in [4.69, 9.17) is 4.74 Å². The van der Waals surface area contributed by atoms with Crippen molar-refractivity contribution in [1.29, 1.82) is 0 Å². The molecule has 0 heterocycles. The van der Waals surface area contributed by atoms with Crippen LogP contribution in [0, 0.1) is 0 Å². The van der Waals surface area contributed by atoms with Gasteiger partial charge in [-0.1, -0.05) is 243 Å². The third-order valence-corrected chi connectivity index (χ3v) is 12.9. The van der Waals surface area contributed by atoms with Crippen molar-refractivity contribution in [3.8, 4) is 0 Å². The molecule has 2 atom stereocenters. The second kappa shape index (κ2) is 53.7. The molecule has 0 aliphatic heterocycles. The Labute approximate surface area is 398 Å². The van der Waals surface area contributed by atoms with Gasteiger partial charge in [0.15, 0.2) is 0 Å². The number of nitrogens with one attached hydrogen (secondary N) is 1. The number of amides is 1. The molecule has 3 N–H and O–H groups in total. The molecule has 6 heteroatoms. The van der Waals surface area contributed by atoms with Gasteiger partial charge in [0.25, 0.3) is 0 Å². The zero-order valence-corrected chi connectivity index (χ0v) is 42.8. The molecule has 2 unspecified atom stereocenters. The van der Waals surface area contributed by atoms with Crippen molar-refractivity contribution in [2.45, 2.75) is 309 Å². The van der Waals surface area contributed by atoms with Crippen LogP contribution >= 0.6 is 0 Å². The van der Waals surface area contributed by atoms with Gasteiger partial charge in [-0.3, -0.25) is 9.59 Å². The first kappa shape index (κ1) is 62.1. The second-order valence-corrected chi connectivity index (χ2v) is 19.3.